The van der Waals surface area contributed by atoms with Gasteiger partial charge in [0.1, 0.15) is 0 Å². The summed E-state index contributed by atoms with van der Waals surface area (Å²) in [5, 5.41) is 0. The highest BCUT2D eigenvalue weighted by Crippen LogP contribution is 2.33. The predicted molar refractivity (Wildman–Crippen MR) is 60.5 cm³/mol. The van der Waals surface area contributed by atoms with E-state index in [1.807, 2.05) is 0 Å². The lowest BCUT2D eigenvalue weighted by molar-refractivity contribution is 0.0868. The Bertz CT molecular complexity index is 177. The molecule has 0 aromatic rings. The first-order valence-electron chi connectivity index (χ1n) is 6.14. The molecule has 2 rings (SSSR count). The van der Waals surface area contributed by atoms with Crippen molar-refractivity contribution < 1.29 is 0 Å². The molecule has 2 nitrogen and oxygen atoms in total. The average molecular weight is 196 g/mol. The summed E-state index contributed by atoms with van der Waals surface area (Å²) in [6.45, 7) is 7.30. The van der Waals surface area contributed by atoms with Gasteiger partial charge in [0.05, 0.1) is 0 Å². The highest BCUT2D eigenvalue weighted by molar-refractivity contribution is 4.92. The zero-order valence-corrected chi connectivity index (χ0v) is 9.87. The normalized spacial score (nSPS) is 26.4. The van der Waals surface area contributed by atoms with E-state index in [-0.39, 0.29) is 0 Å². The number of piperidine rings is 1. The summed E-state index contributed by atoms with van der Waals surface area (Å²) in [7, 11) is 2.24. The van der Waals surface area contributed by atoms with Gasteiger partial charge in [0, 0.05) is 18.1 Å². The van der Waals surface area contributed by atoms with Crippen molar-refractivity contribution in [3.63, 3.8) is 0 Å². The second-order valence-electron chi connectivity index (χ2n) is 5.31. The molecule has 1 aliphatic carbocycles. The van der Waals surface area contributed by atoms with Crippen molar-refractivity contribution in [3.05, 3.63) is 0 Å². The van der Waals surface area contributed by atoms with Gasteiger partial charge in [0.15, 0.2) is 0 Å². The summed E-state index contributed by atoms with van der Waals surface area (Å²) in [4.78, 5) is 5.24. The minimum absolute atomic E-state index is 0.746. The molecule has 0 spiro atoms. The quantitative estimate of drug-likeness (QED) is 0.681. The Morgan fingerprint density at radius 3 is 1.93 bits per heavy atom. The Kier molecular flexibility index (Phi) is 3.13. The van der Waals surface area contributed by atoms with Crippen molar-refractivity contribution in [2.45, 2.75) is 57.7 Å². The molecule has 0 N–H and O–H groups in total. The van der Waals surface area contributed by atoms with Crippen LogP contribution in [0.25, 0.3) is 0 Å². The third-order valence-electron chi connectivity index (χ3n) is 3.67. The second kappa shape index (κ2) is 4.19. The molecule has 2 aliphatic rings. The molecule has 14 heavy (non-hydrogen) atoms. The van der Waals surface area contributed by atoms with Crippen LogP contribution in [-0.2, 0) is 0 Å². The van der Waals surface area contributed by atoms with Gasteiger partial charge in [-0.25, -0.2) is 0 Å². The predicted octanol–water partition coefficient (Wildman–Crippen LogP) is 1.95. The molecule has 0 radical (unpaired) electrons. The molecule has 2 heteroatoms. The molecule has 2 fully saturated rings. The van der Waals surface area contributed by atoms with Gasteiger partial charge in [-0.2, -0.15) is 0 Å². The fourth-order valence-electron chi connectivity index (χ4n) is 2.81. The standard InChI is InChI=1S/C12H24N2/c1-10(2)14(11-4-5-11)12-6-8-13(3)9-7-12/h10-12H,4-9H2,1-3H3. The molecule has 0 aromatic heterocycles. The fraction of sp³-hybridized carbons (Fsp3) is 1.00. The maximum absolute atomic E-state index is 2.78. The van der Waals surface area contributed by atoms with Gasteiger partial charge in [-0.05, 0) is 59.7 Å². The van der Waals surface area contributed by atoms with Crippen molar-refractivity contribution in [1.29, 1.82) is 0 Å². The number of rotatable bonds is 3. The molecule has 0 aromatic carbocycles. The lowest BCUT2D eigenvalue weighted by atomic mass is 10.0. The SMILES string of the molecule is CC(C)N(C1CC1)C1CCN(C)CC1. The van der Waals surface area contributed by atoms with Crippen molar-refractivity contribution in [3.8, 4) is 0 Å². The molecule has 1 heterocycles. The van der Waals surface area contributed by atoms with Crippen molar-refractivity contribution >= 4 is 0 Å². The van der Waals surface area contributed by atoms with Crippen LogP contribution in [0.1, 0.15) is 39.5 Å². The van der Waals surface area contributed by atoms with Crippen molar-refractivity contribution in [2.24, 2.45) is 0 Å². The molecule has 0 bridgehead atoms. The zero-order chi connectivity index (χ0) is 10.1. The van der Waals surface area contributed by atoms with E-state index in [0.717, 1.165) is 18.1 Å². The first-order valence-corrected chi connectivity index (χ1v) is 6.14. The summed E-state index contributed by atoms with van der Waals surface area (Å²) >= 11 is 0. The van der Waals surface area contributed by atoms with E-state index in [2.05, 4.69) is 30.7 Å². The first-order chi connectivity index (χ1) is 6.68. The second-order valence-corrected chi connectivity index (χ2v) is 5.31. The van der Waals surface area contributed by atoms with Gasteiger partial charge >= 0.3 is 0 Å². The minimum Gasteiger partial charge on any atom is -0.306 e. The van der Waals surface area contributed by atoms with Crippen LogP contribution in [0.3, 0.4) is 0 Å². The summed E-state index contributed by atoms with van der Waals surface area (Å²) < 4.78 is 0. The Labute approximate surface area is 88.3 Å². The van der Waals surface area contributed by atoms with Gasteiger partial charge in [-0.3, -0.25) is 4.90 Å². The highest BCUT2D eigenvalue weighted by atomic mass is 15.2. The monoisotopic (exact) mass is 196 g/mol. The third kappa shape index (κ3) is 2.29. The molecule has 1 aliphatic heterocycles. The maximum Gasteiger partial charge on any atom is 0.0125 e. The Hall–Kier alpha value is -0.0800. The van der Waals surface area contributed by atoms with Crippen molar-refractivity contribution in [2.75, 3.05) is 20.1 Å². The lowest BCUT2D eigenvalue weighted by Crippen LogP contribution is -2.47. The van der Waals surface area contributed by atoms with E-state index in [9.17, 15) is 0 Å². The van der Waals surface area contributed by atoms with Crippen LogP contribution in [0, 0.1) is 0 Å². The maximum atomic E-state index is 2.78. The summed E-state index contributed by atoms with van der Waals surface area (Å²) in [6.07, 6.45) is 5.66. The molecule has 82 valence electrons. The zero-order valence-electron chi connectivity index (χ0n) is 9.87. The van der Waals surface area contributed by atoms with E-state index in [0.29, 0.717) is 0 Å². The van der Waals surface area contributed by atoms with E-state index >= 15 is 0 Å². The van der Waals surface area contributed by atoms with Crippen LogP contribution in [0.15, 0.2) is 0 Å². The van der Waals surface area contributed by atoms with Gasteiger partial charge < -0.3 is 4.90 Å². The summed E-state index contributed by atoms with van der Waals surface area (Å²) in [5.74, 6) is 0. The van der Waals surface area contributed by atoms with Gasteiger partial charge in [0.2, 0.25) is 0 Å². The van der Waals surface area contributed by atoms with E-state index in [1.165, 1.54) is 38.8 Å². The average Bonchev–Trinajstić information content (AvgIpc) is 2.92. The highest BCUT2D eigenvalue weighted by Gasteiger charge is 2.36. The molecule has 1 saturated carbocycles. The molecule has 0 atom stereocenters. The van der Waals surface area contributed by atoms with E-state index in [1.54, 1.807) is 0 Å². The van der Waals surface area contributed by atoms with Gasteiger partial charge in [-0.15, -0.1) is 0 Å². The number of nitrogens with zero attached hydrogens (tertiary/aromatic N) is 2. The van der Waals surface area contributed by atoms with E-state index in [4.69, 9.17) is 0 Å². The molecular weight excluding hydrogens is 172 g/mol. The fourth-order valence-corrected chi connectivity index (χ4v) is 2.81. The summed E-state index contributed by atoms with van der Waals surface area (Å²) in [5.41, 5.74) is 0. The summed E-state index contributed by atoms with van der Waals surface area (Å²) in [6, 6.07) is 2.55. The van der Waals surface area contributed by atoms with Crippen molar-refractivity contribution in [1.82, 2.24) is 9.80 Å². The van der Waals surface area contributed by atoms with E-state index < -0.39 is 0 Å². The van der Waals surface area contributed by atoms with Crippen LogP contribution in [0.2, 0.25) is 0 Å². The topological polar surface area (TPSA) is 6.48 Å². The van der Waals surface area contributed by atoms with Crippen LogP contribution in [0.5, 0.6) is 0 Å². The Morgan fingerprint density at radius 1 is 1.00 bits per heavy atom. The molecular formula is C12H24N2. The van der Waals surface area contributed by atoms with Gasteiger partial charge in [0.25, 0.3) is 0 Å². The Balaban J connectivity index is 1.90. The van der Waals surface area contributed by atoms with Crippen LogP contribution < -0.4 is 0 Å². The van der Waals surface area contributed by atoms with Crippen LogP contribution in [-0.4, -0.2) is 48.1 Å². The Morgan fingerprint density at radius 2 is 1.50 bits per heavy atom. The molecule has 1 saturated heterocycles. The molecule has 0 amide bonds. The van der Waals surface area contributed by atoms with Crippen LogP contribution >= 0.6 is 0 Å². The largest absolute Gasteiger partial charge is 0.306 e. The number of hydrogen-bond acceptors (Lipinski definition) is 2. The smallest absolute Gasteiger partial charge is 0.0125 e. The molecule has 0 unspecified atom stereocenters. The number of hydrogen-bond donors (Lipinski definition) is 0. The first kappa shape index (κ1) is 10.4. The van der Waals surface area contributed by atoms with Gasteiger partial charge in [-0.1, -0.05) is 0 Å². The lowest BCUT2D eigenvalue weighted by Gasteiger charge is -2.39. The number of likely N-dealkylation sites (tertiary alicyclic amines) is 1. The minimum atomic E-state index is 0.746. The van der Waals surface area contributed by atoms with Crippen LogP contribution in [0.4, 0.5) is 0 Å². The third-order valence-corrected chi connectivity index (χ3v) is 3.67.